The molecule has 2 heterocycles. The van der Waals surface area contributed by atoms with Crippen LogP contribution in [0.3, 0.4) is 0 Å². The van der Waals surface area contributed by atoms with Gasteiger partial charge in [-0.25, -0.2) is 8.42 Å². The fourth-order valence-corrected chi connectivity index (χ4v) is 3.62. The van der Waals surface area contributed by atoms with Crippen molar-refractivity contribution in [1.82, 2.24) is 4.31 Å². The van der Waals surface area contributed by atoms with Crippen LogP contribution < -0.4 is 15.4 Å². The van der Waals surface area contributed by atoms with Gasteiger partial charge < -0.3 is 15.4 Å². The number of rotatable bonds is 2. The molecule has 0 unspecified atom stereocenters. The molecule has 2 N–H and O–H groups in total. The van der Waals surface area contributed by atoms with Crippen molar-refractivity contribution in [3.8, 4) is 5.75 Å². The smallest absolute Gasteiger partial charge is 0.235 e. The molecule has 0 amide bonds. The summed E-state index contributed by atoms with van der Waals surface area (Å²) in [5.74, 6) is 0.765. The molecule has 3 rings (SSSR count). The standard InChI is InChI=1S/C13H17N3O3S/c1-2-20(17,18)15-5-6-16-11(8-15)9-19-13-7-10(14)3-4-12(13)16/h2-4,7,11H,1,5-6,8-9,14H2/t11-/m1/s1. The quantitative estimate of drug-likeness (QED) is 0.810. The van der Waals surface area contributed by atoms with E-state index in [1.54, 1.807) is 6.07 Å². The molecule has 2 aliphatic heterocycles. The molecule has 0 bridgehead atoms. The molecule has 0 aromatic heterocycles. The van der Waals surface area contributed by atoms with E-state index in [0.717, 1.165) is 16.8 Å². The lowest BCUT2D eigenvalue weighted by Crippen LogP contribution is -2.58. The molecular weight excluding hydrogens is 278 g/mol. The Morgan fingerprint density at radius 3 is 2.95 bits per heavy atom. The Bertz CT molecular complexity index is 644. The molecule has 0 saturated carbocycles. The van der Waals surface area contributed by atoms with Crippen molar-refractivity contribution < 1.29 is 13.2 Å². The van der Waals surface area contributed by atoms with Crippen LogP contribution in [-0.4, -0.2) is 45.0 Å². The van der Waals surface area contributed by atoms with Gasteiger partial charge in [0, 0.05) is 36.8 Å². The maximum atomic E-state index is 11.9. The van der Waals surface area contributed by atoms with Crippen LogP contribution in [0.4, 0.5) is 11.4 Å². The largest absolute Gasteiger partial charge is 0.489 e. The Labute approximate surface area is 118 Å². The summed E-state index contributed by atoms with van der Waals surface area (Å²) < 4.78 is 30.9. The molecular formula is C13H17N3O3S. The first-order valence-corrected chi connectivity index (χ1v) is 7.93. The van der Waals surface area contributed by atoms with Crippen LogP contribution in [0.5, 0.6) is 5.75 Å². The summed E-state index contributed by atoms with van der Waals surface area (Å²) in [6.07, 6.45) is 0. The fraction of sp³-hybridized carbons (Fsp3) is 0.385. The third kappa shape index (κ3) is 2.12. The van der Waals surface area contributed by atoms with Gasteiger partial charge in [0.05, 0.1) is 11.7 Å². The lowest BCUT2D eigenvalue weighted by Gasteiger charge is -2.44. The van der Waals surface area contributed by atoms with E-state index in [4.69, 9.17) is 10.5 Å². The van der Waals surface area contributed by atoms with Crippen LogP contribution in [0.25, 0.3) is 0 Å². The monoisotopic (exact) mass is 295 g/mol. The van der Waals surface area contributed by atoms with E-state index in [1.165, 1.54) is 4.31 Å². The van der Waals surface area contributed by atoms with Crippen molar-refractivity contribution >= 4 is 21.4 Å². The van der Waals surface area contributed by atoms with Gasteiger partial charge in [-0.2, -0.15) is 4.31 Å². The predicted molar refractivity (Wildman–Crippen MR) is 78.2 cm³/mol. The highest BCUT2D eigenvalue weighted by molar-refractivity contribution is 7.92. The SMILES string of the molecule is C=CS(=O)(=O)N1CCN2c3ccc(N)cc3OC[C@H]2C1. The molecule has 6 nitrogen and oxygen atoms in total. The summed E-state index contributed by atoms with van der Waals surface area (Å²) in [4.78, 5) is 2.19. The molecule has 1 atom stereocenters. The van der Waals surface area contributed by atoms with Crippen LogP contribution >= 0.6 is 0 Å². The number of nitrogen functional groups attached to an aromatic ring is 1. The minimum atomic E-state index is -3.36. The normalized spacial score (nSPS) is 22.6. The highest BCUT2D eigenvalue weighted by Crippen LogP contribution is 2.36. The molecule has 108 valence electrons. The van der Waals surface area contributed by atoms with Gasteiger partial charge in [0.15, 0.2) is 0 Å². The van der Waals surface area contributed by atoms with Gasteiger partial charge in [0.25, 0.3) is 0 Å². The first kappa shape index (κ1) is 13.3. The van der Waals surface area contributed by atoms with Gasteiger partial charge in [-0.3, -0.25) is 0 Å². The summed E-state index contributed by atoms with van der Waals surface area (Å²) in [6.45, 7) is 5.33. The Hall–Kier alpha value is -1.73. The highest BCUT2D eigenvalue weighted by Gasteiger charge is 2.36. The Kier molecular flexibility index (Phi) is 3.10. The van der Waals surface area contributed by atoms with Crippen molar-refractivity contribution in [3.05, 3.63) is 30.2 Å². The first-order valence-electron chi connectivity index (χ1n) is 6.43. The molecule has 1 aromatic rings. The molecule has 1 aromatic carbocycles. The van der Waals surface area contributed by atoms with Crippen LogP contribution in [0.1, 0.15) is 0 Å². The van der Waals surface area contributed by atoms with Crippen molar-refractivity contribution in [2.45, 2.75) is 6.04 Å². The first-order chi connectivity index (χ1) is 9.51. The second-order valence-electron chi connectivity index (χ2n) is 4.96. The molecule has 0 spiro atoms. The van der Waals surface area contributed by atoms with Crippen molar-refractivity contribution in [3.63, 3.8) is 0 Å². The second-order valence-corrected chi connectivity index (χ2v) is 6.83. The fourth-order valence-electron chi connectivity index (χ4n) is 2.69. The van der Waals surface area contributed by atoms with Crippen molar-refractivity contribution in [1.29, 1.82) is 0 Å². The number of hydrogen-bond donors (Lipinski definition) is 1. The number of anilines is 2. The predicted octanol–water partition coefficient (Wildman–Crippen LogP) is 0.625. The maximum Gasteiger partial charge on any atom is 0.235 e. The number of piperazine rings is 1. The van der Waals surface area contributed by atoms with E-state index < -0.39 is 10.0 Å². The number of hydrogen-bond acceptors (Lipinski definition) is 5. The van der Waals surface area contributed by atoms with Crippen LogP contribution in [0.2, 0.25) is 0 Å². The van der Waals surface area contributed by atoms with Gasteiger partial charge in [0.1, 0.15) is 12.4 Å². The average Bonchev–Trinajstić information content (AvgIpc) is 2.46. The Balaban J connectivity index is 1.86. The molecule has 0 aliphatic carbocycles. The van der Waals surface area contributed by atoms with Crippen LogP contribution in [-0.2, 0) is 10.0 Å². The molecule has 1 fully saturated rings. The second kappa shape index (κ2) is 4.68. The van der Waals surface area contributed by atoms with Gasteiger partial charge in [-0.15, -0.1) is 0 Å². The van der Waals surface area contributed by atoms with E-state index in [1.807, 2.05) is 12.1 Å². The van der Waals surface area contributed by atoms with E-state index in [2.05, 4.69) is 11.5 Å². The third-order valence-corrected chi connectivity index (χ3v) is 5.21. The van der Waals surface area contributed by atoms with E-state index in [-0.39, 0.29) is 6.04 Å². The zero-order valence-corrected chi connectivity index (χ0v) is 11.8. The van der Waals surface area contributed by atoms with E-state index in [0.29, 0.717) is 31.9 Å². The lowest BCUT2D eigenvalue weighted by atomic mass is 10.1. The Morgan fingerprint density at radius 1 is 1.40 bits per heavy atom. The average molecular weight is 295 g/mol. The minimum absolute atomic E-state index is 0.0228. The number of nitrogens with zero attached hydrogens (tertiary/aromatic N) is 2. The molecule has 1 saturated heterocycles. The van der Waals surface area contributed by atoms with Crippen molar-refractivity contribution in [2.75, 3.05) is 36.9 Å². The summed E-state index contributed by atoms with van der Waals surface area (Å²) >= 11 is 0. The van der Waals surface area contributed by atoms with Crippen LogP contribution in [0, 0.1) is 0 Å². The molecule has 0 radical (unpaired) electrons. The number of sulfonamides is 1. The Morgan fingerprint density at radius 2 is 2.20 bits per heavy atom. The summed E-state index contributed by atoms with van der Waals surface area (Å²) in [7, 11) is -3.36. The third-order valence-electron chi connectivity index (χ3n) is 3.74. The van der Waals surface area contributed by atoms with Crippen molar-refractivity contribution in [2.24, 2.45) is 0 Å². The zero-order valence-electron chi connectivity index (χ0n) is 11.0. The topological polar surface area (TPSA) is 75.9 Å². The summed E-state index contributed by atoms with van der Waals surface area (Å²) in [5.41, 5.74) is 7.39. The maximum absolute atomic E-state index is 11.9. The van der Waals surface area contributed by atoms with E-state index in [9.17, 15) is 8.42 Å². The van der Waals surface area contributed by atoms with E-state index >= 15 is 0 Å². The van der Waals surface area contributed by atoms with Crippen LogP contribution in [0.15, 0.2) is 30.2 Å². The van der Waals surface area contributed by atoms with Gasteiger partial charge in [-0.05, 0) is 12.1 Å². The number of nitrogens with two attached hydrogens (primary N) is 1. The lowest BCUT2D eigenvalue weighted by molar-refractivity contribution is 0.216. The summed E-state index contributed by atoms with van der Waals surface area (Å²) in [6, 6.07) is 5.58. The number of fused-ring (bicyclic) bond motifs is 3. The molecule has 7 heteroatoms. The summed E-state index contributed by atoms with van der Waals surface area (Å²) in [5, 5.41) is 1.00. The highest BCUT2D eigenvalue weighted by atomic mass is 32.2. The molecule has 2 aliphatic rings. The minimum Gasteiger partial charge on any atom is -0.489 e. The zero-order chi connectivity index (χ0) is 14.3. The van der Waals surface area contributed by atoms with Gasteiger partial charge in [0.2, 0.25) is 10.0 Å². The number of ether oxygens (including phenoxy) is 1. The van der Waals surface area contributed by atoms with Gasteiger partial charge in [-0.1, -0.05) is 6.58 Å². The van der Waals surface area contributed by atoms with Gasteiger partial charge >= 0.3 is 0 Å². The molecule has 20 heavy (non-hydrogen) atoms. The number of benzene rings is 1.